The summed E-state index contributed by atoms with van der Waals surface area (Å²) in [7, 11) is 0. The molecule has 5 heteroatoms. The lowest BCUT2D eigenvalue weighted by molar-refractivity contribution is -0.122. The maximum absolute atomic E-state index is 12.6. The van der Waals surface area contributed by atoms with Crippen molar-refractivity contribution in [2.24, 2.45) is 17.6 Å². The highest BCUT2D eigenvalue weighted by Crippen LogP contribution is 2.42. The molecule has 3 N–H and O–H groups in total. The summed E-state index contributed by atoms with van der Waals surface area (Å²) >= 11 is 0. The van der Waals surface area contributed by atoms with Gasteiger partial charge in [-0.25, -0.2) is 0 Å². The molecular formula is C14H19N3O2. The molecule has 2 heterocycles. The number of H-pyrrole nitrogens is 1. The molecule has 3 atom stereocenters. The van der Waals surface area contributed by atoms with E-state index in [1.807, 2.05) is 6.92 Å². The number of nitrogens with two attached hydrogens (primary N) is 1. The van der Waals surface area contributed by atoms with Crippen LogP contribution in [0.1, 0.15) is 35.2 Å². The average Bonchev–Trinajstić information content (AvgIpc) is 3.00. The van der Waals surface area contributed by atoms with Crippen LogP contribution in [0.4, 0.5) is 0 Å². The number of carbonyl (C=O) groups is 2. The van der Waals surface area contributed by atoms with Gasteiger partial charge < -0.3 is 15.6 Å². The van der Waals surface area contributed by atoms with Gasteiger partial charge >= 0.3 is 0 Å². The Morgan fingerprint density at radius 2 is 2.16 bits per heavy atom. The highest BCUT2D eigenvalue weighted by Gasteiger charge is 2.48. The van der Waals surface area contributed by atoms with Gasteiger partial charge in [0.1, 0.15) is 6.04 Å². The predicted octanol–water partition coefficient (Wildman–Crippen LogP) is 1.05. The van der Waals surface area contributed by atoms with Crippen molar-refractivity contribution in [3.63, 3.8) is 0 Å². The normalized spacial score (nSPS) is 29.5. The third-order valence-corrected chi connectivity index (χ3v) is 4.63. The number of primary amides is 1. The zero-order valence-corrected chi connectivity index (χ0v) is 11.1. The number of fused-ring (bicyclic) bond motifs is 1. The van der Waals surface area contributed by atoms with Crippen molar-refractivity contribution in [3.8, 4) is 0 Å². The molecule has 0 aromatic carbocycles. The molecule has 5 nitrogen and oxygen atoms in total. The second kappa shape index (κ2) is 4.40. The summed E-state index contributed by atoms with van der Waals surface area (Å²) < 4.78 is 0. The highest BCUT2D eigenvalue weighted by molar-refractivity contribution is 5.98. The van der Waals surface area contributed by atoms with Crippen molar-refractivity contribution in [1.29, 1.82) is 0 Å². The first kappa shape index (κ1) is 12.3. The van der Waals surface area contributed by atoms with Crippen LogP contribution in [0.25, 0.3) is 0 Å². The van der Waals surface area contributed by atoms with Gasteiger partial charge in [-0.3, -0.25) is 9.59 Å². The van der Waals surface area contributed by atoms with Crippen LogP contribution in [-0.2, 0) is 4.79 Å². The molecule has 1 aliphatic heterocycles. The summed E-state index contributed by atoms with van der Waals surface area (Å²) in [6.45, 7) is 2.56. The molecule has 19 heavy (non-hydrogen) atoms. The van der Waals surface area contributed by atoms with Crippen LogP contribution >= 0.6 is 0 Å². The number of carbonyl (C=O) groups excluding carboxylic acids is 2. The van der Waals surface area contributed by atoms with E-state index in [9.17, 15) is 9.59 Å². The van der Waals surface area contributed by atoms with Gasteiger partial charge in [0.2, 0.25) is 5.91 Å². The van der Waals surface area contributed by atoms with Crippen molar-refractivity contribution in [1.82, 2.24) is 9.88 Å². The van der Waals surface area contributed by atoms with Gasteiger partial charge in [-0.05, 0) is 37.2 Å². The molecule has 1 aliphatic carbocycles. The molecule has 1 saturated heterocycles. The van der Waals surface area contributed by atoms with E-state index in [0.717, 1.165) is 24.8 Å². The van der Waals surface area contributed by atoms with Crippen LogP contribution in [0.15, 0.2) is 12.4 Å². The van der Waals surface area contributed by atoms with Crippen LogP contribution in [0.3, 0.4) is 0 Å². The Kier molecular flexibility index (Phi) is 2.84. The number of aromatic amines is 1. The maximum Gasteiger partial charge on any atom is 0.256 e. The smallest absolute Gasteiger partial charge is 0.256 e. The number of nitrogens with one attached hydrogen (secondary N) is 1. The molecule has 2 amide bonds. The Morgan fingerprint density at radius 1 is 1.37 bits per heavy atom. The number of hydrogen-bond donors (Lipinski definition) is 2. The first-order chi connectivity index (χ1) is 9.09. The number of amides is 2. The second-order valence-corrected chi connectivity index (χ2v) is 5.71. The summed E-state index contributed by atoms with van der Waals surface area (Å²) in [5.74, 6) is 0.272. The summed E-state index contributed by atoms with van der Waals surface area (Å²) in [4.78, 5) is 28.9. The third kappa shape index (κ3) is 1.84. The number of aryl methyl sites for hydroxylation is 1. The molecular weight excluding hydrogens is 242 g/mol. The fourth-order valence-electron chi connectivity index (χ4n) is 3.71. The molecule has 0 spiro atoms. The number of hydrogen-bond acceptors (Lipinski definition) is 2. The number of likely N-dealkylation sites (tertiary alicyclic amines) is 1. The minimum absolute atomic E-state index is 0.0723. The Bertz CT molecular complexity index is 523. The standard InChI is InChI=1S/C14H19N3O2/c1-8-5-16-6-11(8)14(19)17-7-9-3-2-4-10(9)12(17)13(15)18/h5-6,9-10,12,16H,2-4,7H2,1H3,(H2,15,18)/t9-,10+,12-/m0/s1. The van der Waals surface area contributed by atoms with E-state index in [2.05, 4.69) is 4.98 Å². The van der Waals surface area contributed by atoms with E-state index in [1.54, 1.807) is 17.3 Å². The van der Waals surface area contributed by atoms with Crippen molar-refractivity contribution in [2.75, 3.05) is 6.54 Å². The molecule has 2 aliphatic rings. The van der Waals surface area contributed by atoms with Gasteiger partial charge in [-0.15, -0.1) is 0 Å². The van der Waals surface area contributed by atoms with E-state index in [-0.39, 0.29) is 17.7 Å². The SMILES string of the molecule is Cc1c[nH]cc1C(=O)N1C[C@@H]2CCC[C@H]2[C@H]1C(N)=O. The van der Waals surface area contributed by atoms with Crippen LogP contribution in [0.5, 0.6) is 0 Å². The number of nitrogens with zero attached hydrogens (tertiary/aromatic N) is 1. The number of aromatic nitrogens is 1. The van der Waals surface area contributed by atoms with Crippen LogP contribution < -0.4 is 5.73 Å². The quantitative estimate of drug-likeness (QED) is 0.834. The van der Waals surface area contributed by atoms with Crippen molar-refractivity contribution >= 4 is 11.8 Å². The fraction of sp³-hybridized carbons (Fsp3) is 0.571. The lowest BCUT2D eigenvalue weighted by Gasteiger charge is -2.25. The van der Waals surface area contributed by atoms with Crippen molar-refractivity contribution < 1.29 is 9.59 Å². The van der Waals surface area contributed by atoms with Crippen LogP contribution in [0.2, 0.25) is 0 Å². The average molecular weight is 261 g/mol. The summed E-state index contributed by atoms with van der Waals surface area (Å²) in [5, 5.41) is 0. The van der Waals surface area contributed by atoms with E-state index in [1.165, 1.54) is 0 Å². The summed E-state index contributed by atoms with van der Waals surface area (Å²) in [6.07, 6.45) is 6.75. The first-order valence-corrected chi connectivity index (χ1v) is 6.83. The molecule has 0 unspecified atom stereocenters. The van der Waals surface area contributed by atoms with Crippen molar-refractivity contribution in [3.05, 3.63) is 23.5 Å². The molecule has 1 saturated carbocycles. The molecule has 0 radical (unpaired) electrons. The van der Waals surface area contributed by atoms with Crippen molar-refractivity contribution in [2.45, 2.75) is 32.2 Å². The van der Waals surface area contributed by atoms with Gasteiger partial charge in [-0.2, -0.15) is 0 Å². The molecule has 3 rings (SSSR count). The van der Waals surface area contributed by atoms with Crippen LogP contribution in [0, 0.1) is 18.8 Å². The van der Waals surface area contributed by atoms with Gasteiger partial charge in [0.25, 0.3) is 5.91 Å². The highest BCUT2D eigenvalue weighted by atomic mass is 16.2. The monoisotopic (exact) mass is 261 g/mol. The fourth-order valence-corrected chi connectivity index (χ4v) is 3.71. The van der Waals surface area contributed by atoms with E-state index >= 15 is 0 Å². The number of rotatable bonds is 2. The molecule has 1 aromatic rings. The minimum Gasteiger partial charge on any atom is -0.368 e. The van der Waals surface area contributed by atoms with Crippen LogP contribution in [-0.4, -0.2) is 34.3 Å². The molecule has 1 aromatic heterocycles. The third-order valence-electron chi connectivity index (χ3n) is 4.63. The molecule has 0 bridgehead atoms. The van der Waals surface area contributed by atoms with E-state index in [0.29, 0.717) is 18.0 Å². The van der Waals surface area contributed by atoms with E-state index < -0.39 is 6.04 Å². The lowest BCUT2D eigenvalue weighted by atomic mass is 9.93. The van der Waals surface area contributed by atoms with Gasteiger partial charge in [0, 0.05) is 18.9 Å². The minimum atomic E-state index is -0.422. The van der Waals surface area contributed by atoms with Gasteiger partial charge in [0.15, 0.2) is 0 Å². The molecule has 102 valence electrons. The Morgan fingerprint density at radius 3 is 2.79 bits per heavy atom. The largest absolute Gasteiger partial charge is 0.368 e. The second-order valence-electron chi connectivity index (χ2n) is 5.71. The first-order valence-electron chi connectivity index (χ1n) is 6.83. The summed E-state index contributed by atoms with van der Waals surface area (Å²) in [5.41, 5.74) is 7.09. The zero-order chi connectivity index (χ0) is 13.6. The zero-order valence-electron chi connectivity index (χ0n) is 11.1. The predicted molar refractivity (Wildman–Crippen MR) is 70.4 cm³/mol. The van der Waals surface area contributed by atoms with Gasteiger partial charge in [0.05, 0.1) is 5.56 Å². The topological polar surface area (TPSA) is 79.2 Å². The van der Waals surface area contributed by atoms with E-state index in [4.69, 9.17) is 5.73 Å². The lowest BCUT2D eigenvalue weighted by Crippen LogP contribution is -2.46. The molecule has 2 fully saturated rings. The Labute approximate surface area is 112 Å². The Balaban J connectivity index is 1.90. The summed E-state index contributed by atoms with van der Waals surface area (Å²) in [6, 6.07) is -0.422. The van der Waals surface area contributed by atoms with Gasteiger partial charge in [-0.1, -0.05) is 6.42 Å². The Hall–Kier alpha value is -1.78. The maximum atomic E-state index is 12.6.